The van der Waals surface area contributed by atoms with Crippen molar-refractivity contribution < 1.29 is 9.90 Å². The Hall–Kier alpha value is -1.44. The van der Waals surface area contributed by atoms with Crippen molar-refractivity contribution in [2.45, 2.75) is 31.9 Å². The summed E-state index contributed by atoms with van der Waals surface area (Å²) in [5.41, 5.74) is 1.03. The Bertz CT molecular complexity index is 547. The van der Waals surface area contributed by atoms with E-state index >= 15 is 0 Å². The summed E-state index contributed by atoms with van der Waals surface area (Å²) in [5, 5.41) is 17.0. The molecule has 2 heterocycles. The zero-order chi connectivity index (χ0) is 17.1. The number of aromatic nitrogens is 2. The molecule has 1 saturated heterocycles. The lowest BCUT2D eigenvalue weighted by molar-refractivity contribution is -0.124. The second kappa shape index (κ2) is 7.63. The van der Waals surface area contributed by atoms with Gasteiger partial charge in [-0.15, -0.1) is 0 Å². The second-order valence-corrected chi connectivity index (χ2v) is 7.09. The smallest absolute Gasteiger partial charge is 0.234 e. The first-order chi connectivity index (χ1) is 11.5. The van der Waals surface area contributed by atoms with Gasteiger partial charge < -0.3 is 15.3 Å². The van der Waals surface area contributed by atoms with Crippen molar-refractivity contribution in [2.24, 2.45) is 13.0 Å². The van der Waals surface area contributed by atoms with Crippen molar-refractivity contribution in [3.8, 4) is 0 Å². The van der Waals surface area contributed by atoms with E-state index in [9.17, 15) is 9.90 Å². The van der Waals surface area contributed by atoms with Crippen molar-refractivity contribution >= 4 is 5.91 Å². The van der Waals surface area contributed by atoms with Crippen LogP contribution < -0.4 is 5.32 Å². The van der Waals surface area contributed by atoms with Crippen LogP contribution in [0, 0.1) is 5.92 Å². The SMILES string of the molecule is CCN1CCN(CC(=O)N[C@H](c2cnn(C)c2)C2CC(O)C2)CC1. The van der Waals surface area contributed by atoms with Gasteiger partial charge in [0.25, 0.3) is 0 Å². The third-order valence-corrected chi connectivity index (χ3v) is 5.30. The molecule has 1 aliphatic carbocycles. The lowest BCUT2D eigenvalue weighted by Crippen LogP contribution is -2.50. The highest BCUT2D eigenvalue weighted by atomic mass is 16.3. The van der Waals surface area contributed by atoms with Crippen LogP contribution in [-0.4, -0.2) is 76.0 Å². The van der Waals surface area contributed by atoms with Gasteiger partial charge in [0.05, 0.1) is 24.9 Å². The summed E-state index contributed by atoms with van der Waals surface area (Å²) in [6, 6.07) is -0.0495. The lowest BCUT2D eigenvalue weighted by Gasteiger charge is -2.38. The number of carbonyl (C=O) groups is 1. The molecule has 1 saturated carbocycles. The molecular formula is C17H29N5O2. The van der Waals surface area contributed by atoms with Crippen LogP contribution in [-0.2, 0) is 11.8 Å². The minimum Gasteiger partial charge on any atom is -0.393 e. The maximum absolute atomic E-state index is 12.5. The minimum atomic E-state index is -0.229. The summed E-state index contributed by atoms with van der Waals surface area (Å²) in [7, 11) is 1.88. The molecule has 1 aromatic rings. The van der Waals surface area contributed by atoms with E-state index in [4.69, 9.17) is 0 Å². The molecule has 3 rings (SSSR count). The summed E-state index contributed by atoms with van der Waals surface area (Å²) in [5.74, 6) is 0.361. The molecule has 0 spiro atoms. The molecule has 1 atom stereocenters. The number of rotatable bonds is 6. The largest absolute Gasteiger partial charge is 0.393 e. The minimum absolute atomic E-state index is 0.0495. The van der Waals surface area contributed by atoms with Gasteiger partial charge >= 0.3 is 0 Å². The number of aryl methyl sites for hydroxylation is 1. The van der Waals surface area contributed by atoms with Gasteiger partial charge in [-0.05, 0) is 25.3 Å². The van der Waals surface area contributed by atoms with E-state index in [1.54, 1.807) is 4.68 Å². The van der Waals surface area contributed by atoms with E-state index < -0.39 is 0 Å². The van der Waals surface area contributed by atoms with Gasteiger partial charge in [0.15, 0.2) is 0 Å². The Morgan fingerprint density at radius 3 is 2.54 bits per heavy atom. The number of carbonyl (C=O) groups excluding carboxylic acids is 1. The third kappa shape index (κ3) is 4.15. The summed E-state index contributed by atoms with van der Waals surface area (Å²) in [6.45, 7) is 7.65. The van der Waals surface area contributed by atoms with Crippen LogP contribution in [0.5, 0.6) is 0 Å². The number of piperazine rings is 1. The van der Waals surface area contributed by atoms with Crippen molar-refractivity contribution in [1.82, 2.24) is 24.9 Å². The molecule has 1 amide bonds. The zero-order valence-electron chi connectivity index (χ0n) is 14.7. The van der Waals surface area contributed by atoms with Crippen LogP contribution in [0.2, 0.25) is 0 Å². The number of hydrogen-bond donors (Lipinski definition) is 2. The average Bonchev–Trinajstić information content (AvgIpc) is 2.97. The summed E-state index contributed by atoms with van der Waals surface area (Å²) in [6.07, 6.45) is 5.03. The maximum Gasteiger partial charge on any atom is 0.234 e. The molecule has 2 fully saturated rings. The van der Waals surface area contributed by atoms with Crippen LogP contribution in [0.25, 0.3) is 0 Å². The fraction of sp³-hybridized carbons (Fsp3) is 0.765. The van der Waals surface area contributed by atoms with Gasteiger partial charge in [-0.2, -0.15) is 5.10 Å². The van der Waals surface area contributed by atoms with E-state index in [-0.39, 0.29) is 18.1 Å². The van der Waals surface area contributed by atoms with E-state index in [0.29, 0.717) is 12.5 Å². The number of aliphatic hydroxyl groups is 1. The first kappa shape index (κ1) is 17.4. The lowest BCUT2D eigenvalue weighted by atomic mass is 9.75. The standard InChI is InChI=1S/C17H29N5O2/c1-3-21-4-6-22(7-5-21)12-16(24)19-17(13-8-15(23)9-13)14-10-18-20(2)11-14/h10-11,13,15,17,23H,3-9,12H2,1-2H3,(H,19,24)/t13?,15?,17-/m0/s1. The monoisotopic (exact) mass is 335 g/mol. The highest BCUT2D eigenvalue weighted by Crippen LogP contribution is 2.37. The number of amides is 1. The Balaban J connectivity index is 1.55. The first-order valence-electron chi connectivity index (χ1n) is 8.95. The Morgan fingerprint density at radius 2 is 2.00 bits per heavy atom. The van der Waals surface area contributed by atoms with Gasteiger partial charge in [-0.3, -0.25) is 14.4 Å². The first-order valence-corrected chi connectivity index (χ1v) is 8.95. The molecule has 7 heteroatoms. The van der Waals surface area contributed by atoms with Gasteiger partial charge in [-0.25, -0.2) is 0 Å². The van der Waals surface area contributed by atoms with E-state index in [1.807, 2.05) is 19.4 Å². The number of nitrogens with one attached hydrogen (secondary N) is 1. The number of aliphatic hydroxyl groups excluding tert-OH is 1. The summed E-state index contributed by atoms with van der Waals surface area (Å²) >= 11 is 0. The molecule has 2 N–H and O–H groups in total. The highest BCUT2D eigenvalue weighted by Gasteiger charge is 2.36. The molecular weight excluding hydrogens is 306 g/mol. The van der Waals surface area contributed by atoms with Crippen LogP contribution in [0.4, 0.5) is 0 Å². The summed E-state index contributed by atoms with van der Waals surface area (Å²) in [4.78, 5) is 17.1. The topological polar surface area (TPSA) is 73.6 Å². The van der Waals surface area contributed by atoms with Crippen LogP contribution >= 0.6 is 0 Å². The van der Waals surface area contributed by atoms with Gasteiger partial charge in [0.1, 0.15) is 0 Å². The molecule has 0 radical (unpaired) electrons. The molecule has 0 bridgehead atoms. The van der Waals surface area contributed by atoms with E-state index in [2.05, 4.69) is 27.1 Å². The van der Waals surface area contributed by atoms with Crippen LogP contribution in [0.15, 0.2) is 12.4 Å². The normalized spacial score (nSPS) is 26.8. The number of likely N-dealkylation sites (N-methyl/N-ethyl adjacent to an activating group) is 1. The Morgan fingerprint density at radius 1 is 1.33 bits per heavy atom. The van der Waals surface area contributed by atoms with Gasteiger partial charge in [0, 0.05) is 45.0 Å². The zero-order valence-corrected chi connectivity index (χ0v) is 14.7. The van der Waals surface area contributed by atoms with E-state index in [1.165, 1.54) is 0 Å². The molecule has 2 aliphatic rings. The quantitative estimate of drug-likeness (QED) is 0.765. The van der Waals surface area contributed by atoms with Crippen molar-refractivity contribution in [3.05, 3.63) is 18.0 Å². The molecule has 134 valence electrons. The molecule has 24 heavy (non-hydrogen) atoms. The highest BCUT2D eigenvalue weighted by molar-refractivity contribution is 5.78. The van der Waals surface area contributed by atoms with Gasteiger partial charge in [-0.1, -0.05) is 6.92 Å². The number of hydrogen-bond acceptors (Lipinski definition) is 5. The molecule has 0 unspecified atom stereocenters. The van der Waals surface area contributed by atoms with Gasteiger partial charge in [0.2, 0.25) is 5.91 Å². The fourth-order valence-electron chi connectivity index (χ4n) is 3.66. The molecule has 1 aliphatic heterocycles. The van der Waals surface area contributed by atoms with Crippen LogP contribution in [0.1, 0.15) is 31.4 Å². The Labute approximate surface area is 143 Å². The van der Waals surface area contributed by atoms with E-state index in [0.717, 1.165) is 51.1 Å². The summed E-state index contributed by atoms with van der Waals surface area (Å²) < 4.78 is 1.76. The van der Waals surface area contributed by atoms with Crippen molar-refractivity contribution in [1.29, 1.82) is 0 Å². The third-order valence-electron chi connectivity index (χ3n) is 5.30. The second-order valence-electron chi connectivity index (χ2n) is 7.09. The number of nitrogens with zero attached hydrogens (tertiary/aromatic N) is 4. The maximum atomic E-state index is 12.5. The Kier molecular flexibility index (Phi) is 5.53. The predicted octanol–water partition coefficient (Wildman–Crippen LogP) is -0.0142. The fourth-order valence-corrected chi connectivity index (χ4v) is 3.66. The molecule has 7 nitrogen and oxygen atoms in total. The van der Waals surface area contributed by atoms with Crippen LogP contribution in [0.3, 0.4) is 0 Å². The molecule has 0 aromatic carbocycles. The molecule has 1 aromatic heterocycles. The van der Waals surface area contributed by atoms with Crippen molar-refractivity contribution in [3.63, 3.8) is 0 Å². The predicted molar refractivity (Wildman–Crippen MR) is 91.4 cm³/mol. The average molecular weight is 335 g/mol. The van der Waals surface area contributed by atoms with Crippen molar-refractivity contribution in [2.75, 3.05) is 39.3 Å².